The summed E-state index contributed by atoms with van der Waals surface area (Å²) in [6.07, 6.45) is 2.61. The van der Waals surface area contributed by atoms with Gasteiger partial charge in [0.1, 0.15) is 5.75 Å². The molecule has 1 aliphatic rings. The number of hydrogen-bond acceptors (Lipinski definition) is 4. The molecule has 2 unspecified atom stereocenters. The molecular formula is C19H26N2O5. The number of hydrazine groups is 1. The van der Waals surface area contributed by atoms with E-state index in [0.717, 1.165) is 18.4 Å². The minimum Gasteiger partial charge on any atom is -0.483 e. The third-order valence-corrected chi connectivity index (χ3v) is 4.64. The van der Waals surface area contributed by atoms with Gasteiger partial charge in [0.25, 0.3) is 5.91 Å². The van der Waals surface area contributed by atoms with Gasteiger partial charge in [0.05, 0.1) is 11.8 Å². The van der Waals surface area contributed by atoms with Crippen molar-refractivity contribution >= 4 is 17.8 Å². The van der Waals surface area contributed by atoms with Crippen LogP contribution in [0.25, 0.3) is 0 Å². The highest BCUT2D eigenvalue weighted by Crippen LogP contribution is 2.30. The molecule has 1 fully saturated rings. The molecule has 0 radical (unpaired) electrons. The second kappa shape index (κ2) is 9.22. The fourth-order valence-corrected chi connectivity index (χ4v) is 3.23. The summed E-state index contributed by atoms with van der Waals surface area (Å²) in [5.41, 5.74) is 5.63. The number of hydrogen-bond donors (Lipinski definition) is 3. The van der Waals surface area contributed by atoms with E-state index in [0.29, 0.717) is 18.6 Å². The third-order valence-electron chi connectivity index (χ3n) is 4.64. The van der Waals surface area contributed by atoms with Crippen LogP contribution in [0.3, 0.4) is 0 Å². The van der Waals surface area contributed by atoms with Crippen LogP contribution in [-0.4, -0.2) is 29.5 Å². The lowest BCUT2D eigenvalue weighted by molar-refractivity contribution is -0.149. The van der Waals surface area contributed by atoms with Crippen LogP contribution in [0, 0.1) is 11.8 Å². The first kappa shape index (κ1) is 19.8. The van der Waals surface area contributed by atoms with Crippen molar-refractivity contribution < 1.29 is 24.2 Å². The Labute approximate surface area is 153 Å². The van der Waals surface area contributed by atoms with Gasteiger partial charge in [0.2, 0.25) is 5.91 Å². The fourth-order valence-electron chi connectivity index (χ4n) is 3.23. The van der Waals surface area contributed by atoms with Gasteiger partial charge in [-0.2, -0.15) is 0 Å². The molecule has 1 aliphatic carbocycles. The van der Waals surface area contributed by atoms with Crippen LogP contribution in [0.1, 0.15) is 51.0 Å². The average molecular weight is 362 g/mol. The number of ether oxygens (including phenoxy) is 1. The van der Waals surface area contributed by atoms with Gasteiger partial charge in [-0.1, -0.05) is 44.9 Å². The molecule has 1 saturated carbocycles. The first-order valence-electron chi connectivity index (χ1n) is 8.93. The molecule has 0 heterocycles. The molecule has 7 nitrogen and oxygen atoms in total. The molecular weight excluding hydrogens is 336 g/mol. The van der Waals surface area contributed by atoms with Gasteiger partial charge in [-0.05, 0) is 30.4 Å². The standard InChI is InChI=1S/C19H26N2O5/c1-12(2)13-7-5-6-10-16(13)26-11-17(22)20-21-18(23)14-8-3-4-9-15(14)19(24)25/h5-7,10,12,14-15H,3-4,8-9,11H2,1-2H3,(H,20,22)(H,21,23)(H,24,25). The topological polar surface area (TPSA) is 105 Å². The Hall–Kier alpha value is -2.57. The Bertz CT molecular complexity index is 659. The lowest BCUT2D eigenvalue weighted by Gasteiger charge is -2.27. The van der Waals surface area contributed by atoms with Gasteiger partial charge >= 0.3 is 5.97 Å². The Morgan fingerprint density at radius 3 is 2.42 bits per heavy atom. The summed E-state index contributed by atoms with van der Waals surface area (Å²) in [6.45, 7) is 3.83. The van der Waals surface area contributed by atoms with Crippen LogP contribution >= 0.6 is 0 Å². The van der Waals surface area contributed by atoms with Gasteiger partial charge in [0.15, 0.2) is 6.61 Å². The largest absolute Gasteiger partial charge is 0.483 e. The van der Waals surface area contributed by atoms with Gasteiger partial charge in [-0.15, -0.1) is 0 Å². The Kier molecular flexibility index (Phi) is 7.00. The van der Waals surface area contributed by atoms with Gasteiger partial charge in [-0.25, -0.2) is 0 Å². The molecule has 3 N–H and O–H groups in total. The molecule has 2 rings (SSSR count). The average Bonchev–Trinajstić information content (AvgIpc) is 2.64. The highest BCUT2D eigenvalue weighted by Gasteiger charge is 2.35. The number of aliphatic carboxylic acids is 1. The zero-order valence-electron chi connectivity index (χ0n) is 15.2. The van der Waals surface area contributed by atoms with E-state index in [4.69, 9.17) is 4.74 Å². The fraction of sp³-hybridized carbons (Fsp3) is 0.526. The van der Waals surface area contributed by atoms with Gasteiger partial charge in [-0.3, -0.25) is 25.2 Å². The molecule has 0 aliphatic heterocycles. The lowest BCUT2D eigenvalue weighted by atomic mass is 9.79. The number of rotatable bonds is 6. The molecule has 26 heavy (non-hydrogen) atoms. The highest BCUT2D eigenvalue weighted by atomic mass is 16.5. The maximum absolute atomic E-state index is 12.2. The second-order valence-corrected chi connectivity index (χ2v) is 6.85. The zero-order valence-corrected chi connectivity index (χ0v) is 15.2. The van der Waals surface area contributed by atoms with Crippen molar-refractivity contribution in [3.8, 4) is 5.75 Å². The molecule has 2 atom stereocenters. The summed E-state index contributed by atoms with van der Waals surface area (Å²) in [5, 5.41) is 9.23. The molecule has 7 heteroatoms. The van der Waals surface area contributed by atoms with E-state index in [2.05, 4.69) is 10.9 Å². The quantitative estimate of drug-likeness (QED) is 0.673. The minimum absolute atomic E-state index is 0.239. The van der Waals surface area contributed by atoms with Crippen molar-refractivity contribution in [3.05, 3.63) is 29.8 Å². The molecule has 1 aromatic carbocycles. The second-order valence-electron chi connectivity index (χ2n) is 6.85. The van der Waals surface area contributed by atoms with Crippen LogP contribution in [0.4, 0.5) is 0 Å². The van der Waals surface area contributed by atoms with Crippen molar-refractivity contribution in [2.45, 2.75) is 45.4 Å². The first-order chi connectivity index (χ1) is 12.4. The van der Waals surface area contributed by atoms with Crippen LogP contribution in [0.15, 0.2) is 24.3 Å². The minimum atomic E-state index is -0.968. The van der Waals surface area contributed by atoms with Crippen molar-refractivity contribution in [2.24, 2.45) is 11.8 Å². The van der Waals surface area contributed by atoms with E-state index < -0.39 is 29.6 Å². The number of nitrogens with one attached hydrogen (secondary N) is 2. The number of carboxylic acids is 1. The van der Waals surface area contributed by atoms with Crippen LogP contribution in [0.2, 0.25) is 0 Å². The number of carbonyl (C=O) groups is 3. The third kappa shape index (κ3) is 5.21. The molecule has 0 saturated heterocycles. The van der Waals surface area contributed by atoms with Crippen LogP contribution in [-0.2, 0) is 14.4 Å². The lowest BCUT2D eigenvalue weighted by Crippen LogP contribution is -2.49. The highest BCUT2D eigenvalue weighted by molar-refractivity contribution is 5.87. The maximum atomic E-state index is 12.2. The summed E-state index contributed by atoms with van der Waals surface area (Å²) in [7, 11) is 0. The number of para-hydroxylation sites is 1. The van der Waals surface area contributed by atoms with E-state index >= 15 is 0 Å². The van der Waals surface area contributed by atoms with E-state index in [9.17, 15) is 19.5 Å². The molecule has 1 aromatic rings. The number of carbonyl (C=O) groups excluding carboxylic acids is 2. The summed E-state index contributed by atoms with van der Waals surface area (Å²) < 4.78 is 5.54. The van der Waals surface area contributed by atoms with E-state index in [1.54, 1.807) is 6.07 Å². The van der Waals surface area contributed by atoms with Crippen molar-refractivity contribution in [1.82, 2.24) is 10.9 Å². The molecule has 0 bridgehead atoms. The first-order valence-corrected chi connectivity index (χ1v) is 8.93. The molecule has 2 amide bonds. The predicted octanol–water partition coefficient (Wildman–Crippen LogP) is 2.23. The maximum Gasteiger partial charge on any atom is 0.307 e. The SMILES string of the molecule is CC(C)c1ccccc1OCC(=O)NNC(=O)C1CCCCC1C(=O)O. The monoisotopic (exact) mass is 362 g/mol. The van der Waals surface area contributed by atoms with E-state index in [1.165, 1.54) is 0 Å². The molecule has 0 aromatic heterocycles. The van der Waals surface area contributed by atoms with Crippen LogP contribution in [0.5, 0.6) is 5.75 Å². The van der Waals surface area contributed by atoms with Crippen molar-refractivity contribution in [1.29, 1.82) is 0 Å². The zero-order chi connectivity index (χ0) is 19.1. The molecule has 142 valence electrons. The molecule has 0 spiro atoms. The van der Waals surface area contributed by atoms with E-state index in [1.807, 2.05) is 32.0 Å². The van der Waals surface area contributed by atoms with Gasteiger partial charge < -0.3 is 9.84 Å². The Morgan fingerprint density at radius 2 is 1.77 bits per heavy atom. The van der Waals surface area contributed by atoms with E-state index in [-0.39, 0.29) is 12.5 Å². The Morgan fingerprint density at radius 1 is 1.12 bits per heavy atom. The summed E-state index contributed by atoms with van der Waals surface area (Å²) >= 11 is 0. The van der Waals surface area contributed by atoms with Gasteiger partial charge in [0, 0.05) is 0 Å². The summed E-state index contributed by atoms with van der Waals surface area (Å²) in [5.74, 6) is -2.37. The van der Waals surface area contributed by atoms with Crippen molar-refractivity contribution in [3.63, 3.8) is 0 Å². The normalized spacial score (nSPS) is 19.7. The predicted molar refractivity (Wildman–Crippen MR) is 95.4 cm³/mol. The van der Waals surface area contributed by atoms with Crippen LogP contribution < -0.4 is 15.6 Å². The number of benzene rings is 1. The Balaban J connectivity index is 1.83. The van der Waals surface area contributed by atoms with Crippen molar-refractivity contribution in [2.75, 3.05) is 6.61 Å². The summed E-state index contributed by atoms with van der Waals surface area (Å²) in [6, 6.07) is 7.47. The smallest absolute Gasteiger partial charge is 0.307 e. The summed E-state index contributed by atoms with van der Waals surface area (Å²) in [4.78, 5) is 35.4. The number of amides is 2. The number of carboxylic acid groups (broad SMARTS) is 1.